The molecule has 0 spiro atoms. The van der Waals surface area contributed by atoms with Crippen molar-refractivity contribution in [3.8, 4) is 22.6 Å². The van der Waals surface area contributed by atoms with Gasteiger partial charge in [0.2, 0.25) is 0 Å². The number of nitrogens with zero attached hydrogens (tertiary/aromatic N) is 1. The molecule has 0 saturated carbocycles. The molecule has 6 heteroatoms. The molecule has 0 amide bonds. The minimum Gasteiger partial charge on any atom is -0.493 e. The lowest BCUT2D eigenvalue weighted by Gasteiger charge is -2.16. The Morgan fingerprint density at radius 3 is 2.48 bits per heavy atom. The first-order valence-electron chi connectivity index (χ1n) is 9.99. The van der Waals surface area contributed by atoms with Gasteiger partial charge < -0.3 is 19.0 Å². The van der Waals surface area contributed by atoms with Gasteiger partial charge >= 0.3 is 5.63 Å². The number of methoxy groups -OCH3 is 1. The van der Waals surface area contributed by atoms with Crippen LogP contribution >= 0.6 is 0 Å². The maximum absolute atomic E-state index is 12.5. The summed E-state index contributed by atoms with van der Waals surface area (Å²) in [5.41, 5.74) is 2.12. The van der Waals surface area contributed by atoms with Crippen LogP contribution in [0, 0.1) is 0 Å². The van der Waals surface area contributed by atoms with Gasteiger partial charge in [0.25, 0.3) is 0 Å². The molecule has 0 saturated heterocycles. The van der Waals surface area contributed by atoms with E-state index >= 15 is 0 Å². The Bertz CT molecular complexity index is 1250. The number of fused-ring (bicyclic) bond motifs is 1. The van der Waals surface area contributed by atoms with Crippen LogP contribution in [0.5, 0.6) is 11.5 Å². The third-order valence-electron chi connectivity index (χ3n) is 4.99. The number of ether oxygens (including phenoxy) is 2. The molecular weight excluding hydrogens is 394 g/mol. The number of hydrogen-bond acceptors (Lipinski definition) is 6. The van der Waals surface area contributed by atoms with Crippen molar-refractivity contribution in [1.29, 1.82) is 0 Å². The summed E-state index contributed by atoms with van der Waals surface area (Å²) in [4.78, 5) is 16.5. The quantitative estimate of drug-likeness (QED) is 0.481. The molecule has 6 nitrogen and oxygen atoms in total. The Kier molecular flexibility index (Phi) is 6.00. The van der Waals surface area contributed by atoms with Crippen molar-refractivity contribution in [2.45, 2.75) is 26.1 Å². The molecule has 2 aromatic heterocycles. The van der Waals surface area contributed by atoms with Crippen molar-refractivity contribution in [3.63, 3.8) is 0 Å². The fraction of sp³-hybridized carbons (Fsp3) is 0.200. The summed E-state index contributed by atoms with van der Waals surface area (Å²) in [6, 6.07) is 16.7. The van der Waals surface area contributed by atoms with E-state index in [0.29, 0.717) is 29.3 Å². The number of aliphatic hydroxyl groups excluding tert-OH is 1. The molecule has 0 fully saturated rings. The Labute approximate surface area is 179 Å². The highest BCUT2D eigenvalue weighted by Crippen LogP contribution is 2.37. The molecule has 4 rings (SSSR count). The second kappa shape index (κ2) is 9.02. The molecule has 0 bridgehead atoms. The molecule has 0 aliphatic rings. The molecule has 1 unspecified atom stereocenters. The summed E-state index contributed by atoms with van der Waals surface area (Å²) in [6.07, 6.45) is 2.98. The minimum absolute atomic E-state index is 0.217. The van der Waals surface area contributed by atoms with Gasteiger partial charge in [0.1, 0.15) is 12.4 Å². The monoisotopic (exact) mass is 417 g/mol. The minimum atomic E-state index is -0.663. The van der Waals surface area contributed by atoms with Gasteiger partial charge in [-0.25, -0.2) is 4.79 Å². The van der Waals surface area contributed by atoms with Gasteiger partial charge in [0.15, 0.2) is 11.5 Å². The van der Waals surface area contributed by atoms with Gasteiger partial charge in [0, 0.05) is 29.8 Å². The van der Waals surface area contributed by atoms with E-state index in [1.54, 1.807) is 38.6 Å². The second-order valence-corrected chi connectivity index (χ2v) is 7.30. The molecule has 1 N–H and O–H groups in total. The van der Waals surface area contributed by atoms with Crippen molar-refractivity contribution in [2.75, 3.05) is 7.11 Å². The van der Waals surface area contributed by atoms with Crippen LogP contribution in [0.2, 0.25) is 0 Å². The lowest BCUT2D eigenvalue weighted by Crippen LogP contribution is -2.11. The van der Waals surface area contributed by atoms with Gasteiger partial charge in [-0.3, -0.25) is 4.98 Å². The van der Waals surface area contributed by atoms with Gasteiger partial charge in [-0.1, -0.05) is 24.3 Å². The number of aliphatic hydroxyl groups is 1. The molecular formula is C25H23NO5. The standard InChI is InChI=1S/C25H23NO5/c1-16(27)13-23-24(19-5-3-4-6-20(19)25(28)31-23)18-7-8-21(29-2)22(14-18)30-15-17-9-11-26-12-10-17/h3-12,14,16,27H,13,15H2,1-2H3. The van der Waals surface area contributed by atoms with E-state index in [9.17, 15) is 9.90 Å². The molecule has 31 heavy (non-hydrogen) atoms. The Balaban J connectivity index is 1.83. The Morgan fingerprint density at radius 1 is 1.03 bits per heavy atom. The highest BCUT2D eigenvalue weighted by Gasteiger charge is 2.18. The maximum atomic E-state index is 12.5. The molecule has 0 aliphatic carbocycles. The summed E-state index contributed by atoms with van der Waals surface area (Å²) >= 11 is 0. The maximum Gasteiger partial charge on any atom is 0.343 e. The zero-order valence-electron chi connectivity index (χ0n) is 17.4. The summed E-state index contributed by atoms with van der Waals surface area (Å²) in [7, 11) is 1.59. The Hall–Kier alpha value is -3.64. The number of pyridine rings is 1. The lowest BCUT2D eigenvalue weighted by atomic mass is 9.96. The van der Waals surface area contributed by atoms with E-state index in [4.69, 9.17) is 13.9 Å². The van der Waals surface area contributed by atoms with Crippen LogP contribution in [-0.2, 0) is 13.0 Å². The third-order valence-corrected chi connectivity index (χ3v) is 4.99. The first kappa shape index (κ1) is 20.6. The van der Waals surface area contributed by atoms with Gasteiger partial charge in [0.05, 0.1) is 18.6 Å². The van der Waals surface area contributed by atoms with Crippen molar-refractivity contribution in [1.82, 2.24) is 4.98 Å². The van der Waals surface area contributed by atoms with E-state index in [1.807, 2.05) is 42.5 Å². The molecule has 0 aliphatic heterocycles. The number of hydrogen-bond donors (Lipinski definition) is 1. The molecule has 2 aromatic carbocycles. The van der Waals surface area contributed by atoms with E-state index < -0.39 is 11.7 Å². The number of aromatic nitrogens is 1. The van der Waals surface area contributed by atoms with E-state index in [0.717, 1.165) is 22.1 Å². The average Bonchev–Trinajstić information content (AvgIpc) is 2.78. The Morgan fingerprint density at radius 2 is 1.77 bits per heavy atom. The van der Waals surface area contributed by atoms with Crippen LogP contribution in [0.4, 0.5) is 0 Å². The topological polar surface area (TPSA) is 81.8 Å². The zero-order valence-corrected chi connectivity index (χ0v) is 17.4. The summed E-state index contributed by atoms with van der Waals surface area (Å²) in [5, 5.41) is 11.2. The van der Waals surface area contributed by atoms with E-state index in [2.05, 4.69) is 4.98 Å². The van der Waals surface area contributed by atoms with Gasteiger partial charge in [-0.15, -0.1) is 0 Å². The summed E-state index contributed by atoms with van der Waals surface area (Å²) in [5.74, 6) is 1.59. The fourth-order valence-corrected chi connectivity index (χ4v) is 3.56. The van der Waals surface area contributed by atoms with Crippen LogP contribution in [0.25, 0.3) is 21.9 Å². The molecule has 4 aromatic rings. The fourth-order valence-electron chi connectivity index (χ4n) is 3.56. The highest BCUT2D eigenvalue weighted by molar-refractivity contribution is 5.97. The van der Waals surface area contributed by atoms with Crippen LogP contribution < -0.4 is 15.1 Å². The largest absolute Gasteiger partial charge is 0.493 e. The van der Waals surface area contributed by atoms with Gasteiger partial charge in [-0.2, -0.15) is 0 Å². The molecule has 158 valence electrons. The predicted molar refractivity (Wildman–Crippen MR) is 118 cm³/mol. The first-order valence-corrected chi connectivity index (χ1v) is 9.99. The van der Waals surface area contributed by atoms with Crippen molar-refractivity contribution < 1.29 is 19.0 Å². The van der Waals surface area contributed by atoms with Crippen LogP contribution in [0.3, 0.4) is 0 Å². The summed E-state index contributed by atoms with van der Waals surface area (Å²) < 4.78 is 17.1. The number of benzene rings is 2. The number of rotatable bonds is 7. The molecule has 2 heterocycles. The van der Waals surface area contributed by atoms with E-state index in [1.165, 1.54) is 0 Å². The molecule has 1 atom stereocenters. The first-order chi connectivity index (χ1) is 15.1. The van der Waals surface area contributed by atoms with Crippen molar-refractivity contribution in [2.24, 2.45) is 0 Å². The zero-order chi connectivity index (χ0) is 21.8. The van der Waals surface area contributed by atoms with Crippen LogP contribution in [0.1, 0.15) is 18.2 Å². The third kappa shape index (κ3) is 4.44. The van der Waals surface area contributed by atoms with Crippen molar-refractivity contribution >= 4 is 10.8 Å². The lowest BCUT2D eigenvalue weighted by molar-refractivity contribution is 0.186. The SMILES string of the molecule is COc1ccc(-c2c(CC(C)O)oc(=O)c3ccccc23)cc1OCc1ccncc1. The van der Waals surface area contributed by atoms with E-state index in [-0.39, 0.29) is 6.42 Å². The van der Waals surface area contributed by atoms with Crippen LogP contribution in [0.15, 0.2) is 76.2 Å². The average molecular weight is 417 g/mol. The normalized spacial score (nSPS) is 12.0. The summed E-state index contributed by atoms with van der Waals surface area (Å²) in [6.45, 7) is 2.02. The smallest absolute Gasteiger partial charge is 0.343 e. The van der Waals surface area contributed by atoms with Crippen LogP contribution in [-0.4, -0.2) is 23.3 Å². The molecule has 0 radical (unpaired) electrons. The van der Waals surface area contributed by atoms with Gasteiger partial charge in [-0.05, 0) is 48.4 Å². The predicted octanol–water partition coefficient (Wildman–Crippen LogP) is 4.37. The highest BCUT2D eigenvalue weighted by atomic mass is 16.5. The van der Waals surface area contributed by atoms with Crippen molar-refractivity contribution in [3.05, 3.63) is 88.7 Å². The second-order valence-electron chi connectivity index (χ2n) is 7.30.